The number of aromatic nitrogens is 3. The van der Waals surface area contributed by atoms with Crippen LogP contribution in [0.1, 0.15) is 0 Å². The maximum absolute atomic E-state index is 6.94. The Bertz CT molecular complexity index is 3450. The van der Waals surface area contributed by atoms with E-state index in [9.17, 15) is 0 Å². The van der Waals surface area contributed by atoms with E-state index in [-0.39, 0.29) is 0 Å². The van der Waals surface area contributed by atoms with Crippen molar-refractivity contribution in [1.82, 2.24) is 14.1 Å². The van der Waals surface area contributed by atoms with Crippen molar-refractivity contribution in [2.75, 3.05) is 23.5 Å². The van der Waals surface area contributed by atoms with Crippen molar-refractivity contribution in [3.8, 4) is 45.3 Å². The van der Waals surface area contributed by atoms with Crippen LogP contribution in [-0.2, 0) is 0 Å². The molecule has 11 aromatic rings. The van der Waals surface area contributed by atoms with Crippen molar-refractivity contribution in [2.45, 2.75) is 0 Å². The quantitative estimate of drug-likeness (QED) is 0.161. The minimum Gasteiger partial charge on any atom is -0.457 e. The number of ether oxygens (including phenoxy) is 1. The lowest BCUT2D eigenvalue weighted by atomic mass is 9.99. The lowest BCUT2D eigenvalue weighted by Gasteiger charge is -2.20. The zero-order valence-corrected chi connectivity index (χ0v) is 33.5. The van der Waals surface area contributed by atoms with Gasteiger partial charge in [-0.2, -0.15) is 0 Å². The van der Waals surface area contributed by atoms with Gasteiger partial charge in [0.1, 0.15) is 17.3 Å². The van der Waals surface area contributed by atoms with Gasteiger partial charge in [0.2, 0.25) is 0 Å². The molecule has 0 saturated carbocycles. The molecule has 61 heavy (non-hydrogen) atoms. The second-order valence-electron chi connectivity index (χ2n) is 15.8. The molecule has 12 rings (SSSR count). The zero-order valence-electron chi connectivity index (χ0n) is 33.5. The van der Waals surface area contributed by atoms with E-state index in [1.54, 1.807) is 0 Å². The minimum absolute atomic E-state index is 0.738. The van der Waals surface area contributed by atoms with E-state index in [0.717, 1.165) is 84.7 Å². The number of nitrogens with zero attached hydrogens (tertiary/aromatic N) is 5. The van der Waals surface area contributed by atoms with Gasteiger partial charge in [-0.05, 0) is 76.9 Å². The summed E-state index contributed by atoms with van der Waals surface area (Å²) in [6.45, 7) is 0.738. The van der Waals surface area contributed by atoms with Crippen LogP contribution in [0.2, 0.25) is 0 Å². The highest BCUT2D eigenvalue weighted by Gasteiger charge is 2.26. The molecule has 0 amide bonds. The molecule has 0 aliphatic carbocycles. The van der Waals surface area contributed by atoms with Gasteiger partial charge in [0.05, 0.1) is 40.1 Å². The summed E-state index contributed by atoms with van der Waals surface area (Å²) >= 11 is 0. The molecular weight excluding hydrogens is 747 g/mol. The van der Waals surface area contributed by atoms with Gasteiger partial charge in [-0.3, -0.25) is 4.57 Å². The second-order valence-corrected chi connectivity index (χ2v) is 15.8. The van der Waals surface area contributed by atoms with Gasteiger partial charge >= 0.3 is 0 Å². The number of anilines is 3. The van der Waals surface area contributed by atoms with Crippen LogP contribution in [0.15, 0.2) is 206 Å². The molecule has 1 aliphatic rings. The van der Waals surface area contributed by atoms with E-state index >= 15 is 0 Å². The molecular formula is C55H39N5O. The summed E-state index contributed by atoms with van der Waals surface area (Å²) < 4.78 is 11.6. The third-order valence-electron chi connectivity index (χ3n) is 12.1. The van der Waals surface area contributed by atoms with Crippen LogP contribution >= 0.6 is 0 Å². The molecule has 0 atom stereocenters. The smallest absolute Gasteiger partial charge is 0.139 e. The van der Waals surface area contributed by atoms with E-state index in [4.69, 9.17) is 9.72 Å². The van der Waals surface area contributed by atoms with Crippen molar-refractivity contribution in [3.63, 3.8) is 0 Å². The molecule has 3 aromatic heterocycles. The number of pyridine rings is 1. The van der Waals surface area contributed by atoms with Crippen molar-refractivity contribution < 1.29 is 4.74 Å². The van der Waals surface area contributed by atoms with Crippen LogP contribution in [0.25, 0.3) is 77.4 Å². The summed E-state index contributed by atoms with van der Waals surface area (Å²) in [7, 11) is 2.15. The Morgan fingerprint density at radius 2 is 1.11 bits per heavy atom. The summed E-state index contributed by atoms with van der Waals surface area (Å²) in [4.78, 5) is 9.88. The van der Waals surface area contributed by atoms with E-state index in [1.807, 2.05) is 12.3 Å². The predicted molar refractivity (Wildman–Crippen MR) is 252 cm³/mol. The highest BCUT2D eigenvalue weighted by Crippen LogP contribution is 2.45. The van der Waals surface area contributed by atoms with E-state index in [0.29, 0.717) is 0 Å². The molecule has 6 heteroatoms. The average Bonchev–Trinajstić information content (AvgIpc) is 3.96. The lowest BCUT2D eigenvalue weighted by Crippen LogP contribution is -2.23. The largest absolute Gasteiger partial charge is 0.457 e. The van der Waals surface area contributed by atoms with Crippen LogP contribution < -0.4 is 14.5 Å². The molecule has 6 nitrogen and oxygen atoms in total. The fourth-order valence-electron chi connectivity index (χ4n) is 9.36. The monoisotopic (exact) mass is 785 g/mol. The molecule has 0 fully saturated rings. The molecule has 1 aliphatic heterocycles. The van der Waals surface area contributed by atoms with Gasteiger partial charge < -0.3 is 19.1 Å². The summed E-state index contributed by atoms with van der Waals surface area (Å²) in [6, 6.07) is 70.8. The highest BCUT2D eigenvalue weighted by atomic mass is 16.5. The molecule has 290 valence electrons. The van der Waals surface area contributed by atoms with Crippen LogP contribution in [0.4, 0.5) is 17.1 Å². The zero-order chi connectivity index (χ0) is 40.4. The molecule has 0 saturated heterocycles. The van der Waals surface area contributed by atoms with Crippen molar-refractivity contribution in [2.24, 2.45) is 0 Å². The number of hydrogen-bond donors (Lipinski definition) is 0. The highest BCUT2D eigenvalue weighted by molar-refractivity contribution is 6.16. The first-order valence-electron chi connectivity index (χ1n) is 20.7. The van der Waals surface area contributed by atoms with Gasteiger partial charge in [0, 0.05) is 64.4 Å². The second kappa shape index (κ2) is 14.0. The van der Waals surface area contributed by atoms with Crippen LogP contribution in [0, 0.1) is 0 Å². The molecule has 0 bridgehead atoms. The third-order valence-corrected chi connectivity index (χ3v) is 12.1. The van der Waals surface area contributed by atoms with Gasteiger partial charge in [0.25, 0.3) is 0 Å². The molecule has 8 aromatic carbocycles. The number of rotatable bonds is 7. The molecule has 0 unspecified atom stereocenters. The predicted octanol–water partition coefficient (Wildman–Crippen LogP) is 13.9. The summed E-state index contributed by atoms with van der Waals surface area (Å²) in [5, 5.41) is 4.59. The van der Waals surface area contributed by atoms with Gasteiger partial charge in [-0.1, -0.05) is 127 Å². The summed E-state index contributed by atoms with van der Waals surface area (Å²) in [6.07, 6.45) is 2.04. The Labute approximate surface area is 353 Å². The van der Waals surface area contributed by atoms with Crippen LogP contribution in [0.5, 0.6) is 11.5 Å². The molecule has 0 radical (unpaired) electrons. The first kappa shape index (κ1) is 34.9. The summed E-state index contributed by atoms with van der Waals surface area (Å²) in [5.41, 5.74) is 13.5. The third kappa shape index (κ3) is 5.75. The van der Waals surface area contributed by atoms with E-state index in [1.165, 1.54) is 27.9 Å². The Kier molecular flexibility index (Phi) is 8.03. The number of hydrogen-bond acceptors (Lipinski definition) is 4. The maximum atomic E-state index is 6.94. The maximum Gasteiger partial charge on any atom is 0.139 e. The molecule has 0 spiro atoms. The standard InChI is InChI=1S/C55H39N5O/c1-57-36-58(50-29-28-39(30-52(50)57)37-16-5-2-6-17-37)41-22-15-23-42(31-41)61-43-32-46(38-18-7-3-8-19-38)55-45-25-12-14-27-49(45)60(53(55)33-43)54-34-51-47(35-56-54)44-24-11-13-26-48(44)59(51)40-20-9-4-10-21-40/h2-35H,36H2,1H3. The van der Waals surface area contributed by atoms with Gasteiger partial charge in [-0.15, -0.1) is 0 Å². The Hall–Kier alpha value is -8.09. The van der Waals surface area contributed by atoms with Crippen LogP contribution in [-0.4, -0.2) is 27.8 Å². The fraction of sp³-hybridized carbons (Fsp3) is 0.0364. The van der Waals surface area contributed by atoms with Crippen molar-refractivity contribution in [3.05, 3.63) is 206 Å². The molecule has 4 heterocycles. The Balaban J connectivity index is 1.01. The number of fused-ring (bicyclic) bond motifs is 7. The van der Waals surface area contributed by atoms with Crippen LogP contribution in [0.3, 0.4) is 0 Å². The SMILES string of the molecule is CN1CN(c2cccc(Oc3cc(-c4ccccc4)c4c5ccccc5n(-c5cc6c(cn5)c5ccccc5n6-c5ccccc5)c4c3)c2)c2ccc(-c3ccccc3)cc21. The minimum atomic E-state index is 0.738. The van der Waals surface area contributed by atoms with Gasteiger partial charge in [0.15, 0.2) is 0 Å². The van der Waals surface area contributed by atoms with E-state index in [2.05, 4.69) is 220 Å². The van der Waals surface area contributed by atoms with Gasteiger partial charge in [-0.25, -0.2) is 4.98 Å². The average molecular weight is 786 g/mol. The first-order valence-corrected chi connectivity index (χ1v) is 20.7. The fourth-order valence-corrected chi connectivity index (χ4v) is 9.36. The first-order chi connectivity index (χ1) is 30.2. The Morgan fingerprint density at radius 3 is 1.90 bits per heavy atom. The van der Waals surface area contributed by atoms with Crippen molar-refractivity contribution in [1.29, 1.82) is 0 Å². The number of benzene rings is 8. The van der Waals surface area contributed by atoms with Crippen molar-refractivity contribution >= 4 is 60.7 Å². The molecule has 0 N–H and O–H groups in total. The topological polar surface area (TPSA) is 38.5 Å². The number of para-hydroxylation sites is 3. The lowest BCUT2D eigenvalue weighted by molar-refractivity contribution is 0.483. The summed E-state index contributed by atoms with van der Waals surface area (Å²) in [5.74, 6) is 2.35. The normalized spacial score (nSPS) is 12.5. The van der Waals surface area contributed by atoms with E-state index < -0.39 is 0 Å². The Morgan fingerprint density at radius 1 is 0.443 bits per heavy atom.